The van der Waals surface area contributed by atoms with Gasteiger partial charge in [0, 0.05) is 31.0 Å². The lowest BCUT2D eigenvalue weighted by Gasteiger charge is -2.15. The van der Waals surface area contributed by atoms with Crippen LogP contribution in [0.1, 0.15) is 26.5 Å². The van der Waals surface area contributed by atoms with Crippen LogP contribution in [0.3, 0.4) is 0 Å². The van der Waals surface area contributed by atoms with E-state index in [2.05, 4.69) is 41.6 Å². The van der Waals surface area contributed by atoms with Gasteiger partial charge in [-0.3, -0.25) is 5.10 Å². The van der Waals surface area contributed by atoms with E-state index in [0.29, 0.717) is 12.0 Å². The van der Waals surface area contributed by atoms with Crippen molar-refractivity contribution in [2.24, 2.45) is 5.92 Å². The summed E-state index contributed by atoms with van der Waals surface area (Å²) in [6, 6.07) is 2.47. The Morgan fingerprint density at radius 3 is 2.73 bits per heavy atom. The van der Waals surface area contributed by atoms with Crippen molar-refractivity contribution in [2.45, 2.75) is 33.4 Å². The average Bonchev–Trinajstić information content (AvgIpc) is 2.66. The van der Waals surface area contributed by atoms with Gasteiger partial charge < -0.3 is 10.6 Å². The van der Waals surface area contributed by atoms with Gasteiger partial charge >= 0.3 is 0 Å². The SMILES string of the molecule is CC(C)CNCC(C)NCc1ccn[nH]1. The molecule has 0 bridgehead atoms. The number of H-pyrrole nitrogens is 1. The van der Waals surface area contributed by atoms with E-state index in [4.69, 9.17) is 0 Å². The molecule has 86 valence electrons. The van der Waals surface area contributed by atoms with Gasteiger partial charge in [-0.1, -0.05) is 13.8 Å². The molecule has 0 radical (unpaired) electrons. The molecule has 0 spiro atoms. The van der Waals surface area contributed by atoms with Gasteiger partial charge in [-0.2, -0.15) is 5.10 Å². The van der Waals surface area contributed by atoms with Crippen molar-refractivity contribution in [3.63, 3.8) is 0 Å². The summed E-state index contributed by atoms with van der Waals surface area (Å²) in [7, 11) is 0. The van der Waals surface area contributed by atoms with Gasteiger partial charge in [-0.25, -0.2) is 0 Å². The number of aromatic nitrogens is 2. The maximum Gasteiger partial charge on any atom is 0.0490 e. The molecule has 0 aromatic carbocycles. The van der Waals surface area contributed by atoms with E-state index < -0.39 is 0 Å². The molecule has 0 saturated heterocycles. The van der Waals surface area contributed by atoms with Crippen LogP contribution in [0.5, 0.6) is 0 Å². The second-order valence-corrected chi connectivity index (χ2v) is 4.42. The fraction of sp³-hybridized carbons (Fsp3) is 0.727. The summed E-state index contributed by atoms with van der Waals surface area (Å²) < 4.78 is 0. The predicted octanol–water partition coefficient (Wildman–Crippen LogP) is 1.13. The van der Waals surface area contributed by atoms with Gasteiger partial charge in [0.05, 0.1) is 0 Å². The first-order valence-corrected chi connectivity index (χ1v) is 5.61. The zero-order chi connectivity index (χ0) is 11.1. The molecular formula is C11H22N4. The first-order chi connectivity index (χ1) is 7.18. The molecule has 3 N–H and O–H groups in total. The summed E-state index contributed by atoms with van der Waals surface area (Å²) in [4.78, 5) is 0. The van der Waals surface area contributed by atoms with Crippen molar-refractivity contribution >= 4 is 0 Å². The van der Waals surface area contributed by atoms with E-state index in [9.17, 15) is 0 Å². The molecule has 15 heavy (non-hydrogen) atoms. The van der Waals surface area contributed by atoms with Gasteiger partial charge in [0.15, 0.2) is 0 Å². The van der Waals surface area contributed by atoms with Crippen molar-refractivity contribution in [2.75, 3.05) is 13.1 Å². The molecule has 0 saturated carbocycles. The highest BCUT2D eigenvalue weighted by Gasteiger charge is 2.02. The Hall–Kier alpha value is -0.870. The van der Waals surface area contributed by atoms with Crippen LogP contribution in [0.2, 0.25) is 0 Å². The highest BCUT2D eigenvalue weighted by Crippen LogP contribution is 1.92. The molecule has 1 unspecified atom stereocenters. The van der Waals surface area contributed by atoms with Crippen molar-refractivity contribution in [1.29, 1.82) is 0 Å². The molecule has 0 aliphatic carbocycles. The summed E-state index contributed by atoms with van der Waals surface area (Å²) >= 11 is 0. The minimum absolute atomic E-state index is 0.479. The number of hydrogen-bond donors (Lipinski definition) is 3. The molecule has 0 fully saturated rings. The van der Waals surface area contributed by atoms with Crippen LogP contribution < -0.4 is 10.6 Å². The fourth-order valence-corrected chi connectivity index (χ4v) is 1.33. The normalized spacial score (nSPS) is 13.3. The third-order valence-electron chi connectivity index (χ3n) is 2.20. The van der Waals surface area contributed by atoms with E-state index >= 15 is 0 Å². The summed E-state index contributed by atoms with van der Waals surface area (Å²) in [6.07, 6.45) is 1.78. The smallest absolute Gasteiger partial charge is 0.0490 e. The zero-order valence-corrected chi connectivity index (χ0v) is 9.88. The second kappa shape index (κ2) is 6.58. The van der Waals surface area contributed by atoms with Crippen molar-refractivity contribution in [3.05, 3.63) is 18.0 Å². The topological polar surface area (TPSA) is 52.7 Å². The first-order valence-electron chi connectivity index (χ1n) is 5.61. The Bertz CT molecular complexity index is 243. The van der Waals surface area contributed by atoms with Crippen LogP contribution in [0.4, 0.5) is 0 Å². The summed E-state index contributed by atoms with van der Waals surface area (Å²) in [6.45, 7) is 9.56. The Balaban J connectivity index is 2.06. The van der Waals surface area contributed by atoms with Crippen LogP contribution in [-0.4, -0.2) is 29.3 Å². The molecule has 1 heterocycles. The van der Waals surface area contributed by atoms with E-state index in [1.54, 1.807) is 6.20 Å². The van der Waals surface area contributed by atoms with Crippen LogP contribution in [0, 0.1) is 5.92 Å². The third-order valence-corrected chi connectivity index (χ3v) is 2.20. The predicted molar refractivity (Wildman–Crippen MR) is 62.6 cm³/mol. The average molecular weight is 210 g/mol. The van der Waals surface area contributed by atoms with Crippen molar-refractivity contribution in [3.8, 4) is 0 Å². The monoisotopic (exact) mass is 210 g/mol. The highest BCUT2D eigenvalue weighted by molar-refractivity contribution is 4.96. The molecule has 4 heteroatoms. The second-order valence-electron chi connectivity index (χ2n) is 4.42. The Morgan fingerprint density at radius 2 is 2.13 bits per heavy atom. The molecule has 4 nitrogen and oxygen atoms in total. The van der Waals surface area contributed by atoms with Gasteiger partial charge in [-0.15, -0.1) is 0 Å². The van der Waals surface area contributed by atoms with Gasteiger partial charge in [-0.05, 0) is 25.5 Å². The van der Waals surface area contributed by atoms with Crippen LogP contribution in [0.25, 0.3) is 0 Å². The first kappa shape index (κ1) is 12.2. The fourth-order valence-electron chi connectivity index (χ4n) is 1.33. The minimum atomic E-state index is 0.479. The van der Waals surface area contributed by atoms with Crippen LogP contribution in [-0.2, 0) is 6.54 Å². The number of rotatable bonds is 7. The van der Waals surface area contributed by atoms with Gasteiger partial charge in [0.2, 0.25) is 0 Å². The van der Waals surface area contributed by atoms with Gasteiger partial charge in [0.1, 0.15) is 0 Å². The molecule has 0 aliphatic heterocycles. The Labute approximate surface area is 91.8 Å². The van der Waals surface area contributed by atoms with E-state index in [0.717, 1.165) is 25.3 Å². The summed E-state index contributed by atoms with van der Waals surface area (Å²) in [5, 5.41) is 13.7. The number of nitrogens with zero attached hydrogens (tertiary/aromatic N) is 1. The standard InChI is InChI=1S/C11H22N4/c1-9(2)6-12-7-10(3)13-8-11-4-5-14-15-11/h4-5,9-10,12-13H,6-8H2,1-3H3,(H,14,15). The van der Waals surface area contributed by atoms with Crippen molar-refractivity contribution in [1.82, 2.24) is 20.8 Å². The lowest BCUT2D eigenvalue weighted by molar-refractivity contribution is 0.470. The number of nitrogens with one attached hydrogen (secondary N) is 3. The molecule has 1 rings (SSSR count). The maximum atomic E-state index is 3.90. The summed E-state index contributed by atoms with van der Waals surface area (Å²) in [5.41, 5.74) is 1.13. The van der Waals surface area contributed by atoms with Crippen molar-refractivity contribution < 1.29 is 0 Å². The Kier molecular flexibility index (Phi) is 5.36. The largest absolute Gasteiger partial charge is 0.315 e. The van der Waals surface area contributed by atoms with E-state index in [1.807, 2.05) is 6.07 Å². The van der Waals surface area contributed by atoms with Crippen LogP contribution >= 0.6 is 0 Å². The lowest BCUT2D eigenvalue weighted by Crippen LogP contribution is -2.37. The molecule has 1 aromatic heterocycles. The number of aromatic amines is 1. The van der Waals surface area contributed by atoms with Gasteiger partial charge in [0.25, 0.3) is 0 Å². The highest BCUT2D eigenvalue weighted by atomic mass is 15.1. The van der Waals surface area contributed by atoms with E-state index in [-0.39, 0.29) is 0 Å². The lowest BCUT2D eigenvalue weighted by atomic mass is 10.2. The molecule has 0 aliphatic rings. The summed E-state index contributed by atoms with van der Waals surface area (Å²) in [5.74, 6) is 0.713. The Morgan fingerprint density at radius 1 is 1.33 bits per heavy atom. The zero-order valence-electron chi connectivity index (χ0n) is 9.88. The van der Waals surface area contributed by atoms with E-state index in [1.165, 1.54) is 0 Å². The quantitative estimate of drug-likeness (QED) is 0.632. The molecule has 0 amide bonds. The molecule has 1 aromatic rings. The third kappa shape index (κ3) is 5.54. The number of hydrogen-bond acceptors (Lipinski definition) is 3. The van der Waals surface area contributed by atoms with Crippen LogP contribution in [0.15, 0.2) is 12.3 Å². The molecule has 1 atom stereocenters. The minimum Gasteiger partial charge on any atom is -0.315 e. The molecular weight excluding hydrogens is 188 g/mol. The maximum absolute atomic E-state index is 3.90.